The van der Waals surface area contributed by atoms with Crippen LogP contribution in [0.25, 0.3) is 0 Å². The van der Waals surface area contributed by atoms with Gasteiger partial charge in [0.15, 0.2) is 0 Å². The number of nitrogens with one attached hydrogen (secondary N) is 1. The number of benzene rings is 1. The molecule has 2 nitrogen and oxygen atoms in total. The summed E-state index contributed by atoms with van der Waals surface area (Å²) in [5, 5.41) is 3.47. The van der Waals surface area contributed by atoms with Crippen LogP contribution in [-0.4, -0.2) is 22.3 Å². The summed E-state index contributed by atoms with van der Waals surface area (Å²) in [6, 6.07) is 4.67. The molecular weight excluding hydrogens is 261 g/mol. The third kappa shape index (κ3) is 3.27. The van der Waals surface area contributed by atoms with E-state index in [1.165, 1.54) is 6.07 Å². The van der Waals surface area contributed by atoms with Crippen LogP contribution in [0.2, 0.25) is 5.02 Å². The molecule has 3 atom stereocenters. The van der Waals surface area contributed by atoms with Crippen molar-refractivity contribution in [3.63, 3.8) is 0 Å². The van der Waals surface area contributed by atoms with Gasteiger partial charge in [-0.3, -0.25) is 4.21 Å². The Balaban J connectivity index is 2.20. The Hall–Kier alpha value is -0.450. The smallest absolute Gasteiger partial charge is 0.141 e. The largest absolute Gasteiger partial charge is 0.309 e. The van der Waals surface area contributed by atoms with Gasteiger partial charge in [-0.25, -0.2) is 4.39 Å². The van der Waals surface area contributed by atoms with Crippen LogP contribution in [0.1, 0.15) is 18.5 Å². The van der Waals surface area contributed by atoms with E-state index in [1.54, 1.807) is 12.1 Å². The number of rotatable bonds is 1. The van der Waals surface area contributed by atoms with Gasteiger partial charge in [-0.15, -0.1) is 0 Å². The van der Waals surface area contributed by atoms with Gasteiger partial charge in [-0.05, 0) is 30.2 Å². The van der Waals surface area contributed by atoms with E-state index < -0.39 is 16.6 Å². The molecule has 0 amide bonds. The maximum Gasteiger partial charge on any atom is 0.141 e. The van der Waals surface area contributed by atoms with Crippen molar-refractivity contribution in [1.29, 1.82) is 0 Å². The molecule has 1 fully saturated rings. The molecule has 2 rings (SSSR count). The van der Waals surface area contributed by atoms with Crippen LogP contribution in [0.5, 0.6) is 0 Å². The molecule has 0 spiro atoms. The first-order valence-electron chi connectivity index (χ1n) is 5.59. The molecule has 1 aromatic rings. The Bertz CT molecular complexity index is 441. The Kier molecular flexibility index (Phi) is 4.17. The van der Waals surface area contributed by atoms with Crippen LogP contribution in [-0.2, 0) is 10.8 Å². The zero-order valence-electron chi connectivity index (χ0n) is 9.58. The first kappa shape index (κ1) is 13.0. The monoisotopic (exact) mass is 275 g/mol. The van der Waals surface area contributed by atoms with Gasteiger partial charge in [0, 0.05) is 28.3 Å². The van der Waals surface area contributed by atoms with E-state index in [0.717, 1.165) is 17.9 Å². The van der Waals surface area contributed by atoms with Gasteiger partial charge in [0.2, 0.25) is 0 Å². The normalized spacial score (nSPS) is 29.9. The quantitative estimate of drug-likeness (QED) is 0.853. The predicted octanol–water partition coefficient (Wildman–Crippen LogP) is 2.51. The van der Waals surface area contributed by atoms with Crippen molar-refractivity contribution in [3.8, 4) is 0 Å². The molecule has 0 aromatic heterocycles. The summed E-state index contributed by atoms with van der Waals surface area (Å²) >= 11 is 5.76. The summed E-state index contributed by atoms with van der Waals surface area (Å²) in [6.45, 7) is 2.90. The average Bonchev–Trinajstić information content (AvgIpc) is 2.43. The van der Waals surface area contributed by atoms with Crippen molar-refractivity contribution < 1.29 is 8.60 Å². The second kappa shape index (κ2) is 5.46. The molecule has 0 radical (unpaired) electrons. The fourth-order valence-corrected chi connectivity index (χ4v) is 3.74. The average molecular weight is 276 g/mol. The SMILES string of the molecule is CC1CNC(c2ccc(F)c(Cl)c2)CS(=O)C1. The lowest BCUT2D eigenvalue weighted by Crippen LogP contribution is -2.25. The molecule has 1 aromatic carbocycles. The minimum Gasteiger partial charge on any atom is -0.309 e. The third-order valence-corrected chi connectivity index (χ3v) is 4.82. The second-order valence-electron chi connectivity index (χ2n) is 4.51. The van der Waals surface area contributed by atoms with Crippen molar-refractivity contribution in [1.82, 2.24) is 5.32 Å². The van der Waals surface area contributed by atoms with Crippen molar-refractivity contribution in [2.24, 2.45) is 5.92 Å². The molecule has 1 heterocycles. The summed E-state index contributed by atoms with van der Waals surface area (Å²) in [5.41, 5.74) is 0.902. The Morgan fingerprint density at radius 1 is 1.47 bits per heavy atom. The predicted molar refractivity (Wildman–Crippen MR) is 69.2 cm³/mol. The van der Waals surface area contributed by atoms with Crippen molar-refractivity contribution >= 4 is 22.4 Å². The van der Waals surface area contributed by atoms with E-state index >= 15 is 0 Å². The third-order valence-electron chi connectivity index (χ3n) is 2.88. The number of hydrogen-bond donors (Lipinski definition) is 1. The van der Waals surface area contributed by atoms with E-state index in [1.807, 2.05) is 0 Å². The Morgan fingerprint density at radius 3 is 2.94 bits per heavy atom. The van der Waals surface area contributed by atoms with E-state index in [2.05, 4.69) is 12.2 Å². The van der Waals surface area contributed by atoms with Crippen molar-refractivity contribution in [3.05, 3.63) is 34.6 Å². The molecule has 0 aliphatic carbocycles. The van der Waals surface area contributed by atoms with Gasteiger partial charge in [0.1, 0.15) is 5.82 Å². The lowest BCUT2D eigenvalue weighted by molar-refractivity contribution is 0.517. The first-order chi connectivity index (χ1) is 8.06. The molecule has 17 heavy (non-hydrogen) atoms. The zero-order chi connectivity index (χ0) is 12.4. The van der Waals surface area contributed by atoms with Gasteiger partial charge in [-0.2, -0.15) is 0 Å². The van der Waals surface area contributed by atoms with Crippen LogP contribution < -0.4 is 5.32 Å². The summed E-state index contributed by atoms with van der Waals surface area (Å²) in [6.07, 6.45) is 0. The lowest BCUT2D eigenvalue weighted by Gasteiger charge is -2.16. The molecule has 1 aliphatic rings. The van der Waals surface area contributed by atoms with Gasteiger partial charge < -0.3 is 5.32 Å². The summed E-state index contributed by atoms with van der Waals surface area (Å²) < 4.78 is 24.9. The molecule has 3 unspecified atom stereocenters. The lowest BCUT2D eigenvalue weighted by atomic mass is 10.1. The minimum atomic E-state index is -0.830. The molecule has 94 valence electrons. The highest BCUT2D eigenvalue weighted by atomic mass is 35.5. The van der Waals surface area contributed by atoms with E-state index in [4.69, 9.17) is 11.6 Å². The molecule has 0 bridgehead atoms. The fraction of sp³-hybridized carbons (Fsp3) is 0.500. The molecule has 0 saturated carbocycles. The zero-order valence-corrected chi connectivity index (χ0v) is 11.2. The highest BCUT2D eigenvalue weighted by Crippen LogP contribution is 2.23. The molecule has 1 saturated heterocycles. The first-order valence-corrected chi connectivity index (χ1v) is 7.46. The van der Waals surface area contributed by atoms with Crippen LogP contribution >= 0.6 is 11.6 Å². The van der Waals surface area contributed by atoms with E-state index in [0.29, 0.717) is 11.7 Å². The van der Waals surface area contributed by atoms with Crippen LogP contribution in [0.3, 0.4) is 0 Å². The topological polar surface area (TPSA) is 29.1 Å². The fourth-order valence-electron chi connectivity index (χ4n) is 1.98. The van der Waals surface area contributed by atoms with Crippen molar-refractivity contribution in [2.45, 2.75) is 13.0 Å². The van der Waals surface area contributed by atoms with Gasteiger partial charge >= 0.3 is 0 Å². The summed E-state index contributed by atoms with van der Waals surface area (Å²) in [5.74, 6) is 1.26. The van der Waals surface area contributed by atoms with E-state index in [9.17, 15) is 8.60 Å². The second-order valence-corrected chi connectivity index (χ2v) is 6.47. The molecule has 1 aliphatic heterocycles. The molecule has 1 N–H and O–H groups in total. The maximum atomic E-state index is 13.1. The number of hydrogen-bond acceptors (Lipinski definition) is 2. The highest BCUT2D eigenvalue weighted by molar-refractivity contribution is 7.85. The van der Waals surface area contributed by atoms with E-state index in [-0.39, 0.29) is 11.1 Å². The Labute approximate surface area is 108 Å². The molecular formula is C12H15ClFNOS. The Morgan fingerprint density at radius 2 is 2.24 bits per heavy atom. The summed E-state index contributed by atoms with van der Waals surface area (Å²) in [4.78, 5) is 0. The van der Waals surface area contributed by atoms with Crippen LogP contribution in [0, 0.1) is 11.7 Å². The highest BCUT2D eigenvalue weighted by Gasteiger charge is 2.22. The van der Waals surface area contributed by atoms with Crippen LogP contribution in [0.4, 0.5) is 4.39 Å². The number of halogens is 2. The van der Waals surface area contributed by atoms with Crippen molar-refractivity contribution in [2.75, 3.05) is 18.1 Å². The maximum absolute atomic E-state index is 13.1. The van der Waals surface area contributed by atoms with Gasteiger partial charge in [-0.1, -0.05) is 24.6 Å². The standard InChI is InChI=1S/C12H15ClFNOS/c1-8-5-15-12(7-17(16)6-8)9-2-3-11(14)10(13)4-9/h2-4,8,12,15H,5-7H2,1H3. The minimum absolute atomic E-state index is 0.00103. The van der Waals surface area contributed by atoms with Gasteiger partial charge in [0.05, 0.1) is 5.02 Å². The van der Waals surface area contributed by atoms with Crippen LogP contribution in [0.15, 0.2) is 18.2 Å². The molecule has 5 heteroatoms. The summed E-state index contributed by atoms with van der Waals surface area (Å²) in [7, 11) is -0.830. The van der Waals surface area contributed by atoms with Gasteiger partial charge in [0.25, 0.3) is 0 Å².